The van der Waals surface area contributed by atoms with E-state index >= 15 is 0 Å². The zero-order valence-electron chi connectivity index (χ0n) is 13.5. The fraction of sp³-hybridized carbons (Fsp3) is 0.294. The highest BCUT2D eigenvalue weighted by atomic mass is 32.2. The van der Waals surface area contributed by atoms with Crippen molar-refractivity contribution >= 4 is 28.3 Å². The Morgan fingerprint density at radius 1 is 1.30 bits per heavy atom. The average Bonchev–Trinajstić information content (AvgIpc) is 2.89. The Morgan fingerprint density at radius 3 is 2.83 bits per heavy atom. The zero-order valence-corrected chi connectivity index (χ0v) is 14.3. The van der Waals surface area contributed by atoms with Crippen LogP contribution in [0.15, 0.2) is 36.2 Å². The Morgan fingerprint density at radius 2 is 2.13 bits per heavy atom. The van der Waals surface area contributed by atoms with Gasteiger partial charge in [0.25, 0.3) is 0 Å². The van der Waals surface area contributed by atoms with Gasteiger partial charge in [0.2, 0.25) is 5.95 Å². The van der Waals surface area contributed by atoms with E-state index in [-0.39, 0.29) is 6.61 Å². The minimum absolute atomic E-state index is 0.0188. The molecule has 3 rings (SSSR count). The molecule has 1 aromatic carbocycles. The summed E-state index contributed by atoms with van der Waals surface area (Å²) in [5.41, 5.74) is 5.03. The van der Waals surface area contributed by atoms with Crippen molar-refractivity contribution in [3.05, 3.63) is 53.0 Å². The summed E-state index contributed by atoms with van der Waals surface area (Å²) in [4.78, 5) is 12.4. The molecule has 0 unspecified atom stereocenters. The molecule has 0 atom stereocenters. The van der Waals surface area contributed by atoms with Gasteiger partial charge in [0.05, 0.1) is 23.1 Å². The molecule has 1 aromatic heterocycles. The highest BCUT2D eigenvalue weighted by molar-refractivity contribution is 8.08. The summed E-state index contributed by atoms with van der Waals surface area (Å²) >= 11 is 1.79. The van der Waals surface area contributed by atoms with Gasteiger partial charge in [-0.05, 0) is 37.1 Å². The first-order valence-electron chi connectivity index (χ1n) is 7.44. The molecule has 23 heavy (non-hydrogen) atoms. The molecule has 1 aliphatic rings. The number of aryl methyl sites for hydroxylation is 1. The van der Waals surface area contributed by atoms with Crippen molar-refractivity contribution in [2.24, 2.45) is 0 Å². The molecule has 6 heteroatoms. The third-order valence-electron chi connectivity index (χ3n) is 3.92. The van der Waals surface area contributed by atoms with Crippen LogP contribution < -0.4 is 5.32 Å². The van der Waals surface area contributed by atoms with Gasteiger partial charge in [0.15, 0.2) is 0 Å². The maximum atomic E-state index is 9.29. The molecule has 0 saturated heterocycles. The first-order chi connectivity index (χ1) is 11.1. The van der Waals surface area contributed by atoms with Gasteiger partial charge in [-0.3, -0.25) is 0 Å². The SMILES string of the molecule is CC1=C(c2ccnc(Nc3cc(CO)ccc3C)n2)SCN1C. The minimum atomic E-state index is 0.0188. The average molecular weight is 328 g/mol. The number of nitrogens with zero attached hydrogens (tertiary/aromatic N) is 3. The van der Waals surface area contributed by atoms with E-state index in [0.29, 0.717) is 5.95 Å². The molecule has 0 bridgehead atoms. The van der Waals surface area contributed by atoms with Crippen LogP contribution in [0.25, 0.3) is 4.91 Å². The molecule has 0 amide bonds. The predicted octanol–water partition coefficient (Wildman–Crippen LogP) is 3.35. The lowest BCUT2D eigenvalue weighted by molar-refractivity contribution is 0.282. The summed E-state index contributed by atoms with van der Waals surface area (Å²) in [6.45, 7) is 4.14. The molecule has 0 spiro atoms. The fourth-order valence-electron chi connectivity index (χ4n) is 2.36. The van der Waals surface area contributed by atoms with Gasteiger partial charge in [0.1, 0.15) is 0 Å². The van der Waals surface area contributed by atoms with Gasteiger partial charge in [-0.25, -0.2) is 9.97 Å². The van der Waals surface area contributed by atoms with Crippen LogP contribution in [0.1, 0.15) is 23.7 Å². The second-order valence-electron chi connectivity index (χ2n) is 5.58. The number of aliphatic hydroxyl groups is 1. The number of aliphatic hydroxyl groups excluding tert-OH is 1. The first-order valence-corrected chi connectivity index (χ1v) is 8.42. The second-order valence-corrected chi connectivity index (χ2v) is 6.54. The molecule has 2 aromatic rings. The number of benzene rings is 1. The van der Waals surface area contributed by atoms with Crippen LogP contribution in [0.4, 0.5) is 11.6 Å². The zero-order chi connectivity index (χ0) is 16.4. The van der Waals surface area contributed by atoms with Crippen molar-refractivity contribution in [2.45, 2.75) is 20.5 Å². The Bertz CT molecular complexity index is 760. The third-order valence-corrected chi connectivity index (χ3v) is 5.23. The Labute approximate surface area is 140 Å². The van der Waals surface area contributed by atoms with Crippen molar-refractivity contribution in [3.63, 3.8) is 0 Å². The van der Waals surface area contributed by atoms with Crippen LogP contribution in [-0.2, 0) is 6.61 Å². The van der Waals surface area contributed by atoms with Gasteiger partial charge < -0.3 is 15.3 Å². The van der Waals surface area contributed by atoms with E-state index in [9.17, 15) is 5.11 Å². The van der Waals surface area contributed by atoms with E-state index in [1.165, 1.54) is 10.6 Å². The fourth-order valence-corrected chi connectivity index (χ4v) is 3.51. The highest BCUT2D eigenvalue weighted by Crippen LogP contribution is 2.37. The molecule has 0 saturated carbocycles. The molecule has 2 heterocycles. The molecular formula is C17H20N4OS. The topological polar surface area (TPSA) is 61.3 Å². The standard InChI is InChI=1S/C17H20N4OS/c1-11-4-5-13(9-22)8-15(11)20-17-18-7-6-14(19-17)16-12(2)21(3)10-23-16/h4-8,22H,9-10H2,1-3H3,(H,18,19,20). The lowest BCUT2D eigenvalue weighted by Gasteiger charge is -2.11. The molecular weight excluding hydrogens is 308 g/mol. The number of hydrogen-bond acceptors (Lipinski definition) is 6. The van der Waals surface area contributed by atoms with E-state index in [1.54, 1.807) is 18.0 Å². The molecule has 0 radical (unpaired) electrons. The molecule has 120 valence electrons. The van der Waals surface area contributed by atoms with Gasteiger partial charge in [-0.15, -0.1) is 11.8 Å². The van der Waals surface area contributed by atoms with Crippen molar-refractivity contribution in [3.8, 4) is 0 Å². The van der Waals surface area contributed by atoms with E-state index in [1.807, 2.05) is 31.2 Å². The van der Waals surface area contributed by atoms with Gasteiger partial charge in [-0.2, -0.15) is 0 Å². The van der Waals surface area contributed by atoms with Gasteiger partial charge in [-0.1, -0.05) is 12.1 Å². The number of nitrogens with one attached hydrogen (secondary N) is 1. The third kappa shape index (κ3) is 3.33. The molecule has 5 nitrogen and oxygen atoms in total. The lowest BCUT2D eigenvalue weighted by Crippen LogP contribution is -2.09. The number of anilines is 2. The summed E-state index contributed by atoms with van der Waals surface area (Å²) in [5, 5.41) is 12.5. The predicted molar refractivity (Wildman–Crippen MR) is 95.2 cm³/mol. The summed E-state index contributed by atoms with van der Waals surface area (Å²) in [7, 11) is 2.08. The summed E-state index contributed by atoms with van der Waals surface area (Å²) in [6, 6.07) is 7.75. The quantitative estimate of drug-likeness (QED) is 0.897. The Hall–Kier alpha value is -2.05. The summed E-state index contributed by atoms with van der Waals surface area (Å²) in [5.74, 6) is 1.52. The molecule has 0 fully saturated rings. The van der Waals surface area contributed by atoms with Crippen molar-refractivity contribution in [1.82, 2.24) is 14.9 Å². The number of rotatable bonds is 4. The van der Waals surface area contributed by atoms with Crippen molar-refractivity contribution < 1.29 is 5.11 Å². The van der Waals surface area contributed by atoms with E-state index in [0.717, 1.165) is 28.4 Å². The summed E-state index contributed by atoms with van der Waals surface area (Å²) < 4.78 is 0. The maximum Gasteiger partial charge on any atom is 0.227 e. The van der Waals surface area contributed by atoms with Crippen LogP contribution in [0, 0.1) is 6.92 Å². The number of thioether (sulfide) groups is 1. The van der Waals surface area contributed by atoms with Crippen LogP contribution in [0.2, 0.25) is 0 Å². The first kappa shape index (κ1) is 15.8. The largest absolute Gasteiger partial charge is 0.392 e. The van der Waals surface area contributed by atoms with Crippen LogP contribution in [0.5, 0.6) is 0 Å². The second kappa shape index (κ2) is 6.60. The number of aromatic nitrogens is 2. The monoisotopic (exact) mass is 328 g/mol. The molecule has 2 N–H and O–H groups in total. The van der Waals surface area contributed by atoms with Crippen LogP contribution in [-0.4, -0.2) is 32.9 Å². The van der Waals surface area contributed by atoms with Crippen LogP contribution >= 0.6 is 11.8 Å². The Kier molecular flexibility index (Phi) is 4.54. The van der Waals surface area contributed by atoms with Crippen molar-refractivity contribution in [1.29, 1.82) is 0 Å². The molecule has 1 aliphatic heterocycles. The van der Waals surface area contributed by atoms with E-state index < -0.39 is 0 Å². The maximum absolute atomic E-state index is 9.29. The highest BCUT2D eigenvalue weighted by Gasteiger charge is 2.19. The lowest BCUT2D eigenvalue weighted by atomic mass is 10.1. The minimum Gasteiger partial charge on any atom is -0.392 e. The summed E-state index contributed by atoms with van der Waals surface area (Å²) in [6.07, 6.45) is 1.77. The normalized spacial score (nSPS) is 14.5. The number of allylic oxidation sites excluding steroid dienone is 1. The number of hydrogen-bond donors (Lipinski definition) is 2. The van der Waals surface area contributed by atoms with Crippen LogP contribution in [0.3, 0.4) is 0 Å². The smallest absolute Gasteiger partial charge is 0.227 e. The van der Waals surface area contributed by atoms with Crippen molar-refractivity contribution in [2.75, 3.05) is 18.2 Å². The van der Waals surface area contributed by atoms with E-state index in [2.05, 4.69) is 34.2 Å². The molecule has 0 aliphatic carbocycles. The van der Waals surface area contributed by atoms with Gasteiger partial charge >= 0.3 is 0 Å². The van der Waals surface area contributed by atoms with Gasteiger partial charge in [0, 0.05) is 24.6 Å². The Balaban J connectivity index is 1.89. The van der Waals surface area contributed by atoms with E-state index in [4.69, 9.17) is 0 Å².